The van der Waals surface area contributed by atoms with Crippen molar-refractivity contribution in [3.63, 3.8) is 0 Å². The molecule has 0 aliphatic carbocycles. The highest BCUT2D eigenvalue weighted by atomic mass is 16.5. The van der Waals surface area contributed by atoms with Crippen molar-refractivity contribution >= 4 is 5.69 Å². The van der Waals surface area contributed by atoms with Crippen LogP contribution in [-0.2, 0) is 0 Å². The van der Waals surface area contributed by atoms with E-state index < -0.39 is 0 Å². The molecule has 0 spiro atoms. The van der Waals surface area contributed by atoms with Gasteiger partial charge >= 0.3 is 0 Å². The summed E-state index contributed by atoms with van der Waals surface area (Å²) in [7, 11) is 0. The molecule has 0 atom stereocenters. The van der Waals surface area contributed by atoms with Gasteiger partial charge in [0.2, 0.25) is 0 Å². The highest BCUT2D eigenvalue weighted by Crippen LogP contribution is 2.14. The number of nitriles is 1. The Labute approximate surface area is 126 Å². The van der Waals surface area contributed by atoms with E-state index in [1.165, 1.54) is 0 Å². The van der Waals surface area contributed by atoms with Crippen molar-refractivity contribution in [3.8, 4) is 11.8 Å². The summed E-state index contributed by atoms with van der Waals surface area (Å²) in [6, 6.07) is 22.3. The Hall–Kier alpha value is -2.47. The predicted molar refractivity (Wildman–Crippen MR) is 85.4 cm³/mol. The molecule has 0 aliphatic rings. The molecule has 0 saturated heterocycles. The van der Waals surface area contributed by atoms with Gasteiger partial charge in [-0.2, -0.15) is 5.26 Å². The first-order valence-corrected chi connectivity index (χ1v) is 7.25. The number of hydrogen-bond donors (Lipinski definition) is 0. The summed E-state index contributed by atoms with van der Waals surface area (Å²) >= 11 is 0. The molecule has 0 amide bonds. The molecule has 2 aromatic rings. The molecule has 0 aromatic heterocycles. The van der Waals surface area contributed by atoms with Crippen LogP contribution in [0.25, 0.3) is 0 Å². The van der Waals surface area contributed by atoms with Crippen LogP contribution in [0, 0.1) is 11.3 Å². The molecule has 0 heterocycles. The van der Waals surface area contributed by atoms with Crippen molar-refractivity contribution < 1.29 is 4.74 Å². The fraction of sp³-hybridized carbons (Fsp3) is 0.278. The summed E-state index contributed by atoms with van der Waals surface area (Å²) < 4.78 is 5.71. The minimum atomic E-state index is 0.536. The second kappa shape index (κ2) is 8.65. The van der Waals surface area contributed by atoms with Crippen molar-refractivity contribution in [2.45, 2.75) is 12.8 Å². The van der Waals surface area contributed by atoms with E-state index in [1.54, 1.807) is 0 Å². The summed E-state index contributed by atoms with van der Waals surface area (Å²) in [6.07, 6.45) is 1.46. The van der Waals surface area contributed by atoms with Crippen LogP contribution in [-0.4, -0.2) is 19.7 Å². The van der Waals surface area contributed by atoms with E-state index in [4.69, 9.17) is 10.00 Å². The third-order valence-corrected chi connectivity index (χ3v) is 3.20. The number of rotatable bonds is 8. The summed E-state index contributed by atoms with van der Waals surface area (Å²) in [5.41, 5.74) is 1.16. The summed E-state index contributed by atoms with van der Waals surface area (Å²) in [5, 5.41) is 8.78. The van der Waals surface area contributed by atoms with Crippen LogP contribution in [0.4, 0.5) is 5.69 Å². The van der Waals surface area contributed by atoms with Crippen LogP contribution >= 0.6 is 0 Å². The molecule has 0 aliphatic heterocycles. The third-order valence-electron chi connectivity index (χ3n) is 3.20. The zero-order chi connectivity index (χ0) is 14.8. The number of hydrogen-bond acceptors (Lipinski definition) is 3. The highest BCUT2D eigenvalue weighted by Gasteiger charge is 2.05. The van der Waals surface area contributed by atoms with Crippen LogP contribution in [0.5, 0.6) is 5.75 Å². The van der Waals surface area contributed by atoms with Gasteiger partial charge in [-0.1, -0.05) is 36.4 Å². The van der Waals surface area contributed by atoms with Gasteiger partial charge in [0.05, 0.1) is 19.1 Å². The minimum Gasteiger partial charge on any atom is -0.494 e. The zero-order valence-electron chi connectivity index (χ0n) is 12.1. The number of para-hydroxylation sites is 2. The lowest BCUT2D eigenvalue weighted by atomic mass is 10.2. The lowest BCUT2D eigenvalue weighted by molar-refractivity contribution is 0.312. The van der Waals surface area contributed by atoms with E-state index in [-0.39, 0.29) is 0 Å². The minimum absolute atomic E-state index is 0.536. The van der Waals surface area contributed by atoms with Gasteiger partial charge in [-0.3, -0.25) is 0 Å². The van der Waals surface area contributed by atoms with Gasteiger partial charge in [0.25, 0.3) is 0 Å². The maximum atomic E-state index is 8.78. The van der Waals surface area contributed by atoms with E-state index in [0.29, 0.717) is 13.0 Å². The van der Waals surface area contributed by atoms with Crippen LogP contribution < -0.4 is 9.64 Å². The first-order valence-electron chi connectivity index (χ1n) is 7.25. The maximum absolute atomic E-state index is 8.78. The van der Waals surface area contributed by atoms with Crippen molar-refractivity contribution in [3.05, 3.63) is 60.7 Å². The molecular weight excluding hydrogens is 260 g/mol. The van der Waals surface area contributed by atoms with Gasteiger partial charge in [-0.25, -0.2) is 0 Å². The lowest BCUT2D eigenvalue weighted by Gasteiger charge is -2.23. The molecule has 3 heteroatoms. The van der Waals surface area contributed by atoms with Crippen molar-refractivity contribution in [2.24, 2.45) is 0 Å². The number of nitrogens with zero attached hydrogens (tertiary/aromatic N) is 2. The van der Waals surface area contributed by atoms with Crippen LogP contribution in [0.15, 0.2) is 60.7 Å². The average Bonchev–Trinajstić information content (AvgIpc) is 2.56. The number of benzene rings is 2. The Kier molecular flexibility index (Phi) is 6.15. The Morgan fingerprint density at radius 1 is 0.905 bits per heavy atom. The van der Waals surface area contributed by atoms with Gasteiger partial charge < -0.3 is 9.64 Å². The second-order valence-corrected chi connectivity index (χ2v) is 4.75. The molecule has 0 N–H and O–H groups in total. The second-order valence-electron chi connectivity index (χ2n) is 4.75. The smallest absolute Gasteiger partial charge is 0.119 e. The predicted octanol–water partition coefficient (Wildman–Crippen LogP) is 3.88. The van der Waals surface area contributed by atoms with Crippen LogP contribution in [0.3, 0.4) is 0 Å². The van der Waals surface area contributed by atoms with E-state index >= 15 is 0 Å². The van der Waals surface area contributed by atoms with Gasteiger partial charge in [0.15, 0.2) is 0 Å². The van der Waals surface area contributed by atoms with E-state index in [2.05, 4.69) is 23.1 Å². The van der Waals surface area contributed by atoms with Gasteiger partial charge in [0.1, 0.15) is 5.75 Å². The number of ether oxygens (including phenoxy) is 1. The lowest BCUT2D eigenvalue weighted by Crippen LogP contribution is -2.26. The Morgan fingerprint density at radius 3 is 2.24 bits per heavy atom. The fourth-order valence-electron chi connectivity index (χ4n) is 2.16. The molecule has 2 aromatic carbocycles. The molecule has 0 bridgehead atoms. The van der Waals surface area contributed by atoms with Crippen molar-refractivity contribution in [1.82, 2.24) is 0 Å². The van der Waals surface area contributed by atoms with Crippen LogP contribution in [0.1, 0.15) is 12.8 Å². The summed E-state index contributed by atoms with van der Waals surface area (Å²) in [4.78, 5) is 2.23. The third kappa shape index (κ3) is 5.19. The number of anilines is 1. The van der Waals surface area contributed by atoms with E-state index in [0.717, 1.165) is 30.9 Å². The van der Waals surface area contributed by atoms with Crippen molar-refractivity contribution in [2.75, 3.05) is 24.6 Å². The molecule has 2 rings (SSSR count). The summed E-state index contributed by atoms with van der Waals surface area (Å²) in [6.45, 7) is 2.32. The molecule has 0 saturated carbocycles. The highest BCUT2D eigenvalue weighted by molar-refractivity contribution is 5.45. The van der Waals surface area contributed by atoms with E-state index in [1.807, 2.05) is 48.5 Å². The molecular formula is C18H20N2O. The molecule has 0 radical (unpaired) electrons. The standard InChI is InChI=1S/C18H20N2O/c19-13-7-14-20(17-9-3-1-4-10-17)15-8-16-21-18-11-5-2-6-12-18/h1-6,9-12H,7-8,14-16H2. The quantitative estimate of drug-likeness (QED) is 0.689. The first-order chi connectivity index (χ1) is 10.4. The average molecular weight is 280 g/mol. The van der Waals surface area contributed by atoms with Crippen LogP contribution in [0.2, 0.25) is 0 Å². The normalized spacial score (nSPS) is 9.86. The molecule has 0 fully saturated rings. The fourth-order valence-corrected chi connectivity index (χ4v) is 2.16. The van der Waals surface area contributed by atoms with Gasteiger partial charge in [0, 0.05) is 18.8 Å². The molecule has 3 nitrogen and oxygen atoms in total. The largest absolute Gasteiger partial charge is 0.494 e. The SMILES string of the molecule is N#CCCN(CCCOc1ccccc1)c1ccccc1. The molecule has 0 unspecified atom stereocenters. The zero-order valence-corrected chi connectivity index (χ0v) is 12.1. The summed E-state index contributed by atoms with van der Waals surface area (Å²) in [5.74, 6) is 0.904. The van der Waals surface area contributed by atoms with Gasteiger partial charge in [-0.15, -0.1) is 0 Å². The van der Waals surface area contributed by atoms with Crippen molar-refractivity contribution in [1.29, 1.82) is 5.26 Å². The molecule has 108 valence electrons. The van der Waals surface area contributed by atoms with E-state index in [9.17, 15) is 0 Å². The Bertz CT molecular complexity index is 548. The van der Waals surface area contributed by atoms with Gasteiger partial charge in [-0.05, 0) is 30.7 Å². The first kappa shape index (κ1) is 14.9. The Morgan fingerprint density at radius 2 is 1.57 bits per heavy atom. The monoisotopic (exact) mass is 280 g/mol. The molecule has 21 heavy (non-hydrogen) atoms. The maximum Gasteiger partial charge on any atom is 0.119 e. The Balaban J connectivity index is 1.81. The topological polar surface area (TPSA) is 36.3 Å².